The topological polar surface area (TPSA) is 159 Å². The molecule has 12 heteroatoms. The third-order valence-electron chi connectivity index (χ3n) is 5.52. The number of ether oxygens (including phenoxy) is 2. The zero-order valence-corrected chi connectivity index (χ0v) is 15.6. The Morgan fingerprint density at radius 2 is 1.97 bits per heavy atom. The molecule has 4 N–H and O–H groups in total. The Morgan fingerprint density at radius 1 is 1.17 bits per heavy atom. The van der Waals surface area contributed by atoms with Gasteiger partial charge in [0.05, 0.1) is 31.9 Å². The molecular weight excluding hydrogens is 380 g/mol. The summed E-state index contributed by atoms with van der Waals surface area (Å²) in [5.41, 5.74) is 6.77. The highest BCUT2D eigenvalue weighted by atomic mass is 16.6. The van der Waals surface area contributed by atoms with Crippen LogP contribution in [0.3, 0.4) is 0 Å². The smallest absolute Gasteiger partial charge is 0.320 e. The van der Waals surface area contributed by atoms with Crippen molar-refractivity contribution in [2.45, 2.75) is 50.3 Å². The van der Waals surface area contributed by atoms with Gasteiger partial charge in [-0.05, 0) is 18.8 Å². The van der Waals surface area contributed by atoms with E-state index in [4.69, 9.17) is 15.2 Å². The lowest BCUT2D eigenvalue weighted by Gasteiger charge is -2.24. The van der Waals surface area contributed by atoms with E-state index in [2.05, 4.69) is 25.1 Å². The summed E-state index contributed by atoms with van der Waals surface area (Å²) in [6, 6.07) is 0.161. The summed E-state index contributed by atoms with van der Waals surface area (Å²) < 4.78 is 13.1. The average molecular weight is 402 g/mol. The summed E-state index contributed by atoms with van der Waals surface area (Å²) in [7, 11) is 0. The van der Waals surface area contributed by atoms with Gasteiger partial charge in [0.1, 0.15) is 18.3 Å². The first-order valence-corrected chi connectivity index (χ1v) is 9.58. The molecule has 1 saturated heterocycles. The number of hydrogen-bond donors (Lipinski definition) is 3. The zero-order chi connectivity index (χ0) is 20.0. The molecule has 0 radical (unpaired) electrons. The van der Waals surface area contributed by atoms with Crippen molar-refractivity contribution in [1.82, 2.24) is 34.5 Å². The summed E-state index contributed by atoms with van der Waals surface area (Å²) >= 11 is 0. The molecule has 2 fully saturated rings. The largest absolute Gasteiger partial charge is 0.463 e. The van der Waals surface area contributed by atoms with E-state index >= 15 is 0 Å². The van der Waals surface area contributed by atoms with E-state index in [0.717, 1.165) is 12.8 Å². The van der Waals surface area contributed by atoms with Crippen LogP contribution in [0.5, 0.6) is 6.01 Å². The molecule has 1 aliphatic carbocycles. The number of nitrogens with zero attached hydrogens (tertiary/aromatic N) is 7. The Balaban J connectivity index is 1.40. The summed E-state index contributed by atoms with van der Waals surface area (Å²) in [6.07, 6.45) is 4.10. The Labute approximate surface area is 165 Å². The molecule has 12 nitrogen and oxygen atoms in total. The van der Waals surface area contributed by atoms with Crippen LogP contribution in [0.15, 0.2) is 18.7 Å². The van der Waals surface area contributed by atoms with Gasteiger partial charge in [0.2, 0.25) is 0 Å². The maximum atomic E-state index is 10.6. The lowest BCUT2D eigenvalue weighted by atomic mass is 9.86. The third-order valence-corrected chi connectivity index (χ3v) is 5.52. The predicted octanol–water partition coefficient (Wildman–Crippen LogP) is -0.502. The van der Waals surface area contributed by atoms with Crippen molar-refractivity contribution < 1.29 is 19.7 Å². The lowest BCUT2D eigenvalue weighted by Crippen LogP contribution is -2.34. The van der Waals surface area contributed by atoms with Crippen molar-refractivity contribution in [3.05, 3.63) is 18.7 Å². The Morgan fingerprint density at radius 3 is 2.69 bits per heavy atom. The van der Waals surface area contributed by atoms with Crippen molar-refractivity contribution in [2.24, 2.45) is 5.92 Å². The van der Waals surface area contributed by atoms with Gasteiger partial charge in [-0.1, -0.05) is 6.42 Å². The van der Waals surface area contributed by atoms with Gasteiger partial charge in [0.25, 0.3) is 0 Å². The average Bonchev–Trinajstić information content (AvgIpc) is 3.37. The van der Waals surface area contributed by atoms with Crippen LogP contribution in [-0.2, 0) is 11.3 Å². The maximum absolute atomic E-state index is 10.6. The van der Waals surface area contributed by atoms with Crippen molar-refractivity contribution in [3.63, 3.8) is 0 Å². The first kappa shape index (κ1) is 18.2. The van der Waals surface area contributed by atoms with Gasteiger partial charge in [0, 0.05) is 0 Å². The second-order valence-electron chi connectivity index (χ2n) is 7.45. The molecule has 0 spiro atoms. The van der Waals surface area contributed by atoms with Crippen LogP contribution in [0.4, 0.5) is 5.82 Å². The van der Waals surface area contributed by atoms with E-state index in [9.17, 15) is 10.2 Å². The lowest BCUT2D eigenvalue weighted by molar-refractivity contribution is -0.0414. The highest BCUT2D eigenvalue weighted by Crippen LogP contribution is 2.33. The van der Waals surface area contributed by atoms with E-state index in [1.807, 2.05) is 0 Å². The van der Waals surface area contributed by atoms with Crippen molar-refractivity contribution >= 4 is 17.0 Å². The zero-order valence-electron chi connectivity index (χ0n) is 15.6. The minimum absolute atomic E-state index is 0.161. The van der Waals surface area contributed by atoms with Crippen LogP contribution < -0.4 is 10.5 Å². The first-order chi connectivity index (χ1) is 14.1. The van der Waals surface area contributed by atoms with E-state index < -0.39 is 24.5 Å². The van der Waals surface area contributed by atoms with Crippen LogP contribution in [0.2, 0.25) is 0 Å². The Hall–Kier alpha value is -2.83. The van der Waals surface area contributed by atoms with E-state index in [1.54, 1.807) is 0 Å². The normalized spacial score (nSPS) is 27.4. The minimum Gasteiger partial charge on any atom is -0.463 e. The summed E-state index contributed by atoms with van der Waals surface area (Å²) in [4.78, 5) is 14.2. The van der Waals surface area contributed by atoms with Crippen LogP contribution in [0, 0.1) is 5.92 Å². The van der Waals surface area contributed by atoms with Crippen LogP contribution in [-0.4, -0.2) is 69.6 Å². The molecule has 0 unspecified atom stereocenters. The van der Waals surface area contributed by atoms with E-state index in [-0.39, 0.29) is 18.4 Å². The molecule has 4 heterocycles. The van der Waals surface area contributed by atoms with Crippen molar-refractivity contribution in [2.75, 3.05) is 12.3 Å². The SMILES string of the molecule is Nc1nc(OCC2CCC2)nc2c1ncn2[C@@H]1O[C@H](Cn2nccn2)[C@@H](O)[C@H]1O. The van der Waals surface area contributed by atoms with Crippen LogP contribution >= 0.6 is 0 Å². The van der Waals surface area contributed by atoms with E-state index in [0.29, 0.717) is 23.7 Å². The summed E-state index contributed by atoms with van der Waals surface area (Å²) in [5.74, 6) is 0.704. The van der Waals surface area contributed by atoms with Crippen LogP contribution in [0.25, 0.3) is 11.2 Å². The molecule has 3 aromatic rings. The molecule has 2 aliphatic rings. The second kappa shape index (κ2) is 7.21. The standard InChI is InChI=1S/C17H22N8O4/c18-14-11-15(23-17(22-14)28-7-9-2-1-3-9)24(8-19-11)16-13(27)12(26)10(29-16)6-25-20-4-5-21-25/h4-5,8-10,12-13,16,26-27H,1-3,6-7H2,(H2,18,22,23)/t10-,12-,13-,16-/m1/s1. The highest BCUT2D eigenvalue weighted by Gasteiger charge is 2.44. The van der Waals surface area contributed by atoms with Gasteiger partial charge < -0.3 is 25.4 Å². The number of rotatable bonds is 6. The molecule has 154 valence electrons. The fourth-order valence-corrected chi connectivity index (χ4v) is 3.63. The van der Waals surface area contributed by atoms with Gasteiger partial charge in [0.15, 0.2) is 23.2 Å². The molecule has 0 amide bonds. The molecule has 1 saturated carbocycles. The quantitative estimate of drug-likeness (QED) is 0.490. The molecule has 1 aliphatic heterocycles. The Kier molecular flexibility index (Phi) is 4.53. The first-order valence-electron chi connectivity index (χ1n) is 9.58. The summed E-state index contributed by atoms with van der Waals surface area (Å²) in [5, 5.41) is 29.0. The molecule has 4 atom stereocenters. The molecular formula is C17H22N8O4. The molecule has 29 heavy (non-hydrogen) atoms. The fraction of sp³-hybridized carbons (Fsp3) is 0.588. The highest BCUT2D eigenvalue weighted by molar-refractivity contribution is 5.82. The van der Waals surface area contributed by atoms with Gasteiger partial charge in [-0.3, -0.25) is 4.57 Å². The molecule has 3 aromatic heterocycles. The number of fused-ring (bicyclic) bond motifs is 1. The molecule has 0 aromatic carbocycles. The third kappa shape index (κ3) is 3.28. The second-order valence-corrected chi connectivity index (χ2v) is 7.45. The Bertz CT molecular complexity index is 989. The number of hydrogen-bond acceptors (Lipinski definition) is 10. The van der Waals surface area contributed by atoms with Gasteiger partial charge >= 0.3 is 6.01 Å². The van der Waals surface area contributed by atoms with Gasteiger partial charge in [-0.2, -0.15) is 25.0 Å². The number of imidazole rings is 1. The predicted molar refractivity (Wildman–Crippen MR) is 98.5 cm³/mol. The van der Waals surface area contributed by atoms with Crippen molar-refractivity contribution in [3.8, 4) is 6.01 Å². The number of nitrogens with two attached hydrogens (primary N) is 1. The van der Waals surface area contributed by atoms with E-state index in [1.165, 1.54) is 34.5 Å². The number of nitrogen functional groups attached to an aromatic ring is 1. The van der Waals surface area contributed by atoms with Gasteiger partial charge in [-0.15, -0.1) is 0 Å². The monoisotopic (exact) mass is 402 g/mol. The van der Waals surface area contributed by atoms with Crippen molar-refractivity contribution in [1.29, 1.82) is 0 Å². The molecule has 5 rings (SSSR count). The number of aromatic nitrogens is 7. The van der Waals surface area contributed by atoms with Crippen LogP contribution in [0.1, 0.15) is 25.5 Å². The number of anilines is 1. The van der Waals surface area contributed by atoms with Gasteiger partial charge in [-0.25, -0.2) is 4.98 Å². The maximum Gasteiger partial charge on any atom is 0.320 e. The number of aliphatic hydroxyl groups is 2. The fourth-order valence-electron chi connectivity index (χ4n) is 3.63. The summed E-state index contributed by atoms with van der Waals surface area (Å²) in [6.45, 7) is 0.737. The number of aliphatic hydroxyl groups excluding tert-OH is 2. The molecule has 0 bridgehead atoms. The minimum atomic E-state index is -1.19.